The van der Waals surface area contributed by atoms with Gasteiger partial charge < -0.3 is 10.5 Å². The lowest BCUT2D eigenvalue weighted by atomic mass is 9.87. The third-order valence-electron chi connectivity index (χ3n) is 3.82. The molecule has 1 aromatic carbocycles. The Morgan fingerprint density at radius 2 is 1.86 bits per heavy atom. The molecule has 2 N–H and O–H groups in total. The molecule has 1 unspecified atom stereocenters. The van der Waals surface area contributed by atoms with Gasteiger partial charge in [-0.3, -0.25) is 4.90 Å². The maximum atomic E-state index is 5.78. The van der Waals surface area contributed by atoms with Crippen molar-refractivity contribution in [3.8, 4) is 17.6 Å². The van der Waals surface area contributed by atoms with Crippen molar-refractivity contribution in [3.63, 3.8) is 0 Å². The van der Waals surface area contributed by atoms with Crippen LogP contribution in [0.2, 0.25) is 0 Å². The van der Waals surface area contributed by atoms with Crippen LogP contribution in [0.4, 0.5) is 0 Å². The molecule has 0 aromatic heterocycles. The molecule has 0 bridgehead atoms. The van der Waals surface area contributed by atoms with E-state index in [4.69, 9.17) is 10.5 Å². The molecule has 21 heavy (non-hydrogen) atoms. The zero-order chi connectivity index (χ0) is 15.9. The van der Waals surface area contributed by atoms with Crippen molar-refractivity contribution in [2.24, 2.45) is 11.1 Å². The van der Waals surface area contributed by atoms with Crippen molar-refractivity contribution >= 4 is 0 Å². The quantitative estimate of drug-likeness (QED) is 0.847. The van der Waals surface area contributed by atoms with Crippen LogP contribution in [0.1, 0.15) is 33.3 Å². The Balaban J connectivity index is 2.42. The van der Waals surface area contributed by atoms with Crippen molar-refractivity contribution in [1.29, 1.82) is 0 Å². The lowest BCUT2D eigenvalue weighted by molar-refractivity contribution is 0.121. The first-order chi connectivity index (χ1) is 9.84. The molecule has 116 valence electrons. The highest BCUT2D eigenvalue weighted by Crippen LogP contribution is 2.22. The van der Waals surface area contributed by atoms with Crippen LogP contribution in [0.3, 0.4) is 0 Å². The van der Waals surface area contributed by atoms with Gasteiger partial charge in [-0.2, -0.15) is 0 Å². The summed E-state index contributed by atoms with van der Waals surface area (Å²) >= 11 is 0. The average Bonchev–Trinajstić information content (AvgIpc) is 2.44. The molecule has 1 atom stereocenters. The number of benzene rings is 1. The van der Waals surface area contributed by atoms with Crippen LogP contribution < -0.4 is 10.5 Å². The van der Waals surface area contributed by atoms with E-state index in [2.05, 4.69) is 51.5 Å². The summed E-state index contributed by atoms with van der Waals surface area (Å²) in [6, 6.07) is 8.33. The molecule has 0 radical (unpaired) electrons. The fraction of sp³-hybridized carbons (Fsp3) is 0.556. The largest absolute Gasteiger partial charge is 0.492 e. The topological polar surface area (TPSA) is 38.5 Å². The van der Waals surface area contributed by atoms with Gasteiger partial charge >= 0.3 is 0 Å². The van der Waals surface area contributed by atoms with Crippen molar-refractivity contribution < 1.29 is 4.74 Å². The number of ether oxygens (including phenoxy) is 1. The number of hydrogen-bond acceptors (Lipinski definition) is 3. The standard InChI is InChI=1S/C18H28N2O/c1-15(18(2,3)4)20(5)13-14-21-17-10-8-16(9-11-17)7-6-12-19/h8-11,15H,12-14,19H2,1-5H3. The second-order valence-electron chi connectivity index (χ2n) is 6.40. The molecule has 0 aliphatic rings. The third-order valence-corrected chi connectivity index (χ3v) is 3.82. The van der Waals surface area contributed by atoms with Crippen LogP contribution in [-0.2, 0) is 0 Å². The molecule has 0 heterocycles. The van der Waals surface area contributed by atoms with Gasteiger partial charge in [0.25, 0.3) is 0 Å². The van der Waals surface area contributed by atoms with E-state index in [1.165, 1.54) is 0 Å². The van der Waals surface area contributed by atoms with Gasteiger partial charge in [-0.15, -0.1) is 0 Å². The van der Waals surface area contributed by atoms with Crippen LogP contribution in [0.5, 0.6) is 5.75 Å². The molecule has 1 rings (SSSR count). The molecule has 3 nitrogen and oxygen atoms in total. The zero-order valence-electron chi connectivity index (χ0n) is 13.9. The summed E-state index contributed by atoms with van der Waals surface area (Å²) in [5.74, 6) is 6.72. The minimum absolute atomic E-state index is 0.276. The Morgan fingerprint density at radius 1 is 1.24 bits per heavy atom. The molecule has 0 saturated heterocycles. The molecule has 1 aromatic rings. The lowest BCUT2D eigenvalue weighted by Crippen LogP contribution is -2.41. The summed E-state index contributed by atoms with van der Waals surface area (Å²) in [6.07, 6.45) is 0. The Bertz CT molecular complexity index is 477. The first kappa shape index (κ1) is 17.6. The highest BCUT2D eigenvalue weighted by molar-refractivity contribution is 5.38. The lowest BCUT2D eigenvalue weighted by Gasteiger charge is -2.35. The molecular weight excluding hydrogens is 260 g/mol. The Kier molecular flexibility index (Phi) is 6.74. The van der Waals surface area contributed by atoms with Crippen LogP contribution in [0.25, 0.3) is 0 Å². The molecule has 0 aliphatic heterocycles. The number of hydrogen-bond donors (Lipinski definition) is 1. The van der Waals surface area contributed by atoms with Crippen molar-refractivity contribution in [3.05, 3.63) is 29.8 Å². The van der Waals surface area contributed by atoms with Crippen molar-refractivity contribution in [2.75, 3.05) is 26.7 Å². The fourth-order valence-electron chi connectivity index (χ4n) is 1.95. The molecule has 3 heteroatoms. The second-order valence-corrected chi connectivity index (χ2v) is 6.40. The first-order valence-electron chi connectivity index (χ1n) is 7.46. The summed E-state index contributed by atoms with van der Waals surface area (Å²) < 4.78 is 5.78. The predicted octanol–water partition coefficient (Wildman–Crippen LogP) is 2.74. The minimum Gasteiger partial charge on any atom is -0.492 e. The van der Waals surface area contributed by atoms with Gasteiger partial charge in [0.2, 0.25) is 0 Å². The highest BCUT2D eigenvalue weighted by Gasteiger charge is 2.23. The van der Waals surface area contributed by atoms with Gasteiger partial charge in [-0.25, -0.2) is 0 Å². The summed E-state index contributed by atoms with van der Waals surface area (Å²) in [4.78, 5) is 2.33. The summed E-state index contributed by atoms with van der Waals surface area (Å²) in [7, 11) is 2.14. The highest BCUT2D eigenvalue weighted by atomic mass is 16.5. The van der Waals surface area contributed by atoms with E-state index in [9.17, 15) is 0 Å². The number of nitrogens with zero attached hydrogens (tertiary/aromatic N) is 1. The van der Waals surface area contributed by atoms with E-state index in [0.717, 1.165) is 17.9 Å². The van der Waals surface area contributed by atoms with Crippen molar-refractivity contribution in [2.45, 2.75) is 33.7 Å². The van der Waals surface area contributed by atoms with E-state index in [-0.39, 0.29) is 5.41 Å². The monoisotopic (exact) mass is 288 g/mol. The number of rotatable bonds is 5. The predicted molar refractivity (Wildman–Crippen MR) is 89.4 cm³/mol. The van der Waals surface area contributed by atoms with Gasteiger partial charge in [-0.1, -0.05) is 32.6 Å². The van der Waals surface area contributed by atoms with Crippen LogP contribution >= 0.6 is 0 Å². The number of likely N-dealkylation sites (N-methyl/N-ethyl adjacent to an activating group) is 1. The maximum Gasteiger partial charge on any atom is 0.119 e. The maximum absolute atomic E-state index is 5.78. The minimum atomic E-state index is 0.276. The molecular formula is C18H28N2O. The zero-order valence-corrected chi connectivity index (χ0v) is 13.9. The van der Waals surface area contributed by atoms with Gasteiger partial charge in [0, 0.05) is 18.2 Å². The van der Waals surface area contributed by atoms with E-state index in [0.29, 0.717) is 19.2 Å². The molecule has 0 fully saturated rings. The first-order valence-corrected chi connectivity index (χ1v) is 7.46. The van der Waals surface area contributed by atoms with Gasteiger partial charge in [-0.05, 0) is 43.7 Å². The van der Waals surface area contributed by atoms with E-state index in [1.807, 2.05) is 24.3 Å². The fourth-order valence-corrected chi connectivity index (χ4v) is 1.95. The number of nitrogens with two attached hydrogens (primary N) is 1. The SMILES string of the molecule is CC(N(C)CCOc1ccc(C#CCN)cc1)C(C)(C)C. The van der Waals surface area contributed by atoms with Gasteiger partial charge in [0.15, 0.2) is 0 Å². The average molecular weight is 288 g/mol. The van der Waals surface area contributed by atoms with Gasteiger partial charge in [0.05, 0.1) is 6.54 Å². The molecule has 0 aliphatic carbocycles. The Morgan fingerprint density at radius 3 is 2.38 bits per heavy atom. The van der Waals surface area contributed by atoms with Crippen LogP contribution in [0, 0.1) is 17.3 Å². The van der Waals surface area contributed by atoms with E-state index in [1.54, 1.807) is 0 Å². The second kappa shape index (κ2) is 8.07. The smallest absolute Gasteiger partial charge is 0.119 e. The van der Waals surface area contributed by atoms with Gasteiger partial charge in [0.1, 0.15) is 12.4 Å². The van der Waals surface area contributed by atoms with E-state index < -0.39 is 0 Å². The normalized spacial score (nSPS) is 12.7. The van der Waals surface area contributed by atoms with Crippen LogP contribution in [-0.4, -0.2) is 37.7 Å². The summed E-state index contributed by atoms with van der Waals surface area (Å²) in [5, 5.41) is 0. The van der Waals surface area contributed by atoms with E-state index >= 15 is 0 Å². The Hall–Kier alpha value is -1.50. The van der Waals surface area contributed by atoms with Crippen molar-refractivity contribution in [1.82, 2.24) is 4.90 Å². The summed E-state index contributed by atoms with van der Waals surface area (Å²) in [5.41, 5.74) is 6.59. The molecule has 0 saturated carbocycles. The Labute approximate surface area is 129 Å². The third kappa shape index (κ3) is 6.20. The molecule has 0 spiro atoms. The van der Waals surface area contributed by atoms with Crippen LogP contribution in [0.15, 0.2) is 24.3 Å². The molecule has 0 amide bonds. The summed E-state index contributed by atoms with van der Waals surface area (Å²) in [6.45, 7) is 11.0.